The smallest absolute Gasteiger partial charge is 0.240 e. The van der Waals surface area contributed by atoms with Crippen molar-refractivity contribution in [3.8, 4) is 0 Å². The number of rotatable bonds is 5. The second-order valence-electron chi connectivity index (χ2n) is 4.84. The maximum absolute atomic E-state index is 5.54. The second kappa shape index (κ2) is 4.74. The Morgan fingerprint density at radius 2 is 2.24 bits per heavy atom. The molecule has 94 valence electrons. The third kappa shape index (κ3) is 2.50. The number of ether oxygens (including phenoxy) is 1. The Morgan fingerprint density at radius 1 is 1.35 bits per heavy atom. The average Bonchev–Trinajstić information content (AvgIpc) is 2.88. The van der Waals surface area contributed by atoms with Gasteiger partial charge in [-0.2, -0.15) is 4.98 Å². The molecule has 0 aromatic carbocycles. The molecule has 2 fully saturated rings. The van der Waals surface area contributed by atoms with E-state index in [0.717, 1.165) is 50.3 Å². The maximum Gasteiger partial charge on any atom is 0.240 e. The van der Waals surface area contributed by atoms with Crippen LogP contribution in [0.2, 0.25) is 0 Å². The Morgan fingerprint density at radius 3 is 2.88 bits per heavy atom. The molecule has 2 aliphatic rings. The van der Waals surface area contributed by atoms with Crippen LogP contribution in [-0.2, 0) is 11.3 Å². The van der Waals surface area contributed by atoms with E-state index in [0.29, 0.717) is 0 Å². The highest BCUT2D eigenvalue weighted by molar-refractivity contribution is 4.94. The SMILES string of the molecule is CCN(Cc1nc([C@@H]2CCCO2)no1)C1CC1. The van der Waals surface area contributed by atoms with Crippen molar-refractivity contribution in [2.24, 2.45) is 0 Å². The molecular weight excluding hydrogens is 218 g/mol. The molecule has 1 atom stereocenters. The molecule has 3 rings (SSSR count). The monoisotopic (exact) mass is 237 g/mol. The normalized spacial score (nSPS) is 24.7. The summed E-state index contributed by atoms with van der Waals surface area (Å²) in [5, 5.41) is 4.03. The largest absolute Gasteiger partial charge is 0.370 e. The van der Waals surface area contributed by atoms with Crippen LogP contribution in [-0.4, -0.2) is 34.2 Å². The predicted octanol–water partition coefficient (Wildman–Crippen LogP) is 1.91. The molecule has 0 spiro atoms. The third-order valence-corrected chi connectivity index (χ3v) is 3.51. The van der Waals surface area contributed by atoms with Crippen molar-refractivity contribution in [1.29, 1.82) is 0 Å². The van der Waals surface area contributed by atoms with Crippen molar-refractivity contribution < 1.29 is 9.26 Å². The van der Waals surface area contributed by atoms with Gasteiger partial charge in [-0.3, -0.25) is 4.90 Å². The lowest BCUT2D eigenvalue weighted by molar-refractivity contribution is 0.103. The van der Waals surface area contributed by atoms with Gasteiger partial charge in [-0.15, -0.1) is 0 Å². The summed E-state index contributed by atoms with van der Waals surface area (Å²) in [7, 11) is 0. The molecule has 0 N–H and O–H groups in total. The molecule has 5 heteroatoms. The quantitative estimate of drug-likeness (QED) is 0.783. The number of aromatic nitrogens is 2. The first-order chi connectivity index (χ1) is 8.36. The van der Waals surface area contributed by atoms with Crippen molar-refractivity contribution in [1.82, 2.24) is 15.0 Å². The summed E-state index contributed by atoms with van der Waals surface area (Å²) in [5.74, 6) is 1.45. The van der Waals surface area contributed by atoms with Crippen molar-refractivity contribution >= 4 is 0 Å². The van der Waals surface area contributed by atoms with Crippen LogP contribution in [0.25, 0.3) is 0 Å². The molecule has 0 amide bonds. The fourth-order valence-electron chi connectivity index (χ4n) is 2.36. The van der Waals surface area contributed by atoms with E-state index in [1.165, 1.54) is 12.8 Å². The summed E-state index contributed by atoms with van der Waals surface area (Å²) in [6.07, 6.45) is 4.78. The maximum atomic E-state index is 5.54. The number of nitrogens with zero attached hydrogens (tertiary/aromatic N) is 3. The fraction of sp³-hybridized carbons (Fsp3) is 0.833. The standard InChI is InChI=1S/C12H19N3O2/c1-2-15(9-5-6-9)8-11-13-12(14-17-11)10-4-3-7-16-10/h9-10H,2-8H2,1H3/t10-/m0/s1. The highest BCUT2D eigenvalue weighted by Gasteiger charge is 2.29. The van der Waals surface area contributed by atoms with Gasteiger partial charge >= 0.3 is 0 Å². The molecular formula is C12H19N3O2. The van der Waals surface area contributed by atoms with E-state index in [4.69, 9.17) is 9.26 Å². The third-order valence-electron chi connectivity index (χ3n) is 3.51. The second-order valence-corrected chi connectivity index (χ2v) is 4.84. The molecule has 1 aromatic heterocycles. The van der Waals surface area contributed by atoms with Gasteiger partial charge in [0, 0.05) is 12.6 Å². The van der Waals surface area contributed by atoms with Crippen LogP contribution in [0.5, 0.6) is 0 Å². The fourth-order valence-corrected chi connectivity index (χ4v) is 2.36. The highest BCUT2D eigenvalue weighted by Crippen LogP contribution is 2.29. The van der Waals surface area contributed by atoms with Crippen LogP contribution in [0.4, 0.5) is 0 Å². The topological polar surface area (TPSA) is 51.4 Å². The summed E-state index contributed by atoms with van der Waals surface area (Å²) in [5.41, 5.74) is 0. The van der Waals surface area contributed by atoms with Crippen LogP contribution in [0.15, 0.2) is 4.52 Å². The van der Waals surface area contributed by atoms with E-state index in [-0.39, 0.29) is 6.10 Å². The Balaban J connectivity index is 1.62. The van der Waals surface area contributed by atoms with E-state index >= 15 is 0 Å². The molecule has 0 unspecified atom stereocenters. The highest BCUT2D eigenvalue weighted by atomic mass is 16.5. The Labute approximate surface area is 101 Å². The first kappa shape index (κ1) is 11.2. The summed E-state index contributed by atoms with van der Waals surface area (Å²) in [6, 6.07) is 0.734. The zero-order chi connectivity index (χ0) is 11.7. The van der Waals surface area contributed by atoms with Crippen LogP contribution in [0.3, 0.4) is 0 Å². The average molecular weight is 237 g/mol. The van der Waals surface area contributed by atoms with E-state index < -0.39 is 0 Å². The van der Waals surface area contributed by atoms with Gasteiger partial charge in [0.15, 0.2) is 0 Å². The molecule has 1 aromatic rings. The van der Waals surface area contributed by atoms with Gasteiger partial charge in [-0.05, 0) is 32.2 Å². The number of hydrogen-bond acceptors (Lipinski definition) is 5. The Bertz CT molecular complexity index is 370. The van der Waals surface area contributed by atoms with Crippen LogP contribution < -0.4 is 0 Å². The number of hydrogen-bond donors (Lipinski definition) is 0. The van der Waals surface area contributed by atoms with Gasteiger partial charge in [0.25, 0.3) is 0 Å². The van der Waals surface area contributed by atoms with Gasteiger partial charge in [-0.25, -0.2) is 0 Å². The zero-order valence-corrected chi connectivity index (χ0v) is 10.3. The van der Waals surface area contributed by atoms with E-state index in [1.807, 2.05) is 0 Å². The van der Waals surface area contributed by atoms with Crippen molar-refractivity contribution in [2.45, 2.75) is 51.3 Å². The van der Waals surface area contributed by atoms with Gasteiger partial charge in [-0.1, -0.05) is 12.1 Å². The molecule has 5 nitrogen and oxygen atoms in total. The predicted molar refractivity (Wildman–Crippen MR) is 61.3 cm³/mol. The van der Waals surface area contributed by atoms with Crippen LogP contribution in [0.1, 0.15) is 50.4 Å². The van der Waals surface area contributed by atoms with Gasteiger partial charge in [0.05, 0.1) is 6.54 Å². The molecule has 17 heavy (non-hydrogen) atoms. The minimum Gasteiger partial charge on any atom is -0.370 e. The lowest BCUT2D eigenvalue weighted by Crippen LogP contribution is -2.25. The molecule has 0 bridgehead atoms. The van der Waals surface area contributed by atoms with Gasteiger partial charge < -0.3 is 9.26 Å². The molecule has 1 saturated heterocycles. The van der Waals surface area contributed by atoms with Crippen molar-refractivity contribution in [3.05, 3.63) is 11.7 Å². The van der Waals surface area contributed by atoms with Gasteiger partial charge in [0.2, 0.25) is 11.7 Å². The molecule has 0 radical (unpaired) electrons. The van der Waals surface area contributed by atoms with E-state index in [9.17, 15) is 0 Å². The summed E-state index contributed by atoms with van der Waals surface area (Å²) >= 11 is 0. The lowest BCUT2D eigenvalue weighted by Gasteiger charge is -2.16. The van der Waals surface area contributed by atoms with Crippen LogP contribution in [0, 0.1) is 0 Å². The van der Waals surface area contributed by atoms with E-state index in [1.54, 1.807) is 0 Å². The molecule has 1 aliphatic heterocycles. The lowest BCUT2D eigenvalue weighted by atomic mass is 10.2. The van der Waals surface area contributed by atoms with Crippen molar-refractivity contribution in [3.63, 3.8) is 0 Å². The Hall–Kier alpha value is -0.940. The van der Waals surface area contributed by atoms with Gasteiger partial charge in [0.1, 0.15) is 6.10 Å². The first-order valence-electron chi connectivity index (χ1n) is 6.55. The Kier molecular flexibility index (Phi) is 3.11. The van der Waals surface area contributed by atoms with E-state index in [2.05, 4.69) is 22.0 Å². The summed E-state index contributed by atoms with van der Waals surface area (Å²) in [6.45, 7) is 4.82. The summed E-state index contributed by atoms with van der Waals surface area (Å²) < 4.78 is 10.8. The molecule has 2 heterocycles. The van der Waals surface area contributed by atoms with Crippen LogP contribution >= 0.6 is 0 Å². The van der Waals surface area contributed by atoms with Crippen molar-refractivity contribution in [2.75, 3.05) is 13.2 Å². The first-order valence-corrected chi connectivity index (χ1v) is 6.55. The molecule has 1 saturated carbocycles. The summed E-state index contributed by atoms with van der Waals surface area (Å²) in [4.78, 5) is 6.84. The minimum atomic E-state index is 0.0588. The minimum absolute atomic E-state index is 0.0588. The molecule has 1 aliphatic carbocycles. The zero-order valence-electron chi connectivity index (χ0n) is 10.3.